The van der Waals surface area contributed by atoms with Crippen LogP contribution in [0.4, 0.5) is 0 Å². The molecule has 0 saturated carbocycles. The first kappa shape index (κ1) is 11.2. The van der Waals surface area contributed by atoms with Gasteiger partial charge in [-0.25, -0.2) is 0 Å². The maximum atomic E-state index is 10.6. The molecular formula is C11H9ClOS. The number of benzene rings is 1. The van der Waals surface area contributed by atoms with Crippen LogP contribution in [0.25, 0.3) is 0 Å². The number of hydrogen-bond donors (Lipinski definition) is 1. The predicted molar refractivity (Wildman–Crippen MR) is 62.2 cm³/mol. The van der Waals surface area contributed by atoms with Crippen molar-refractivity contribution in [3.63, 3.8) is 0 Å². The Morgan fingerprint density at radius 3 is 2.93 bits per heavy atom. The quantitative estimate of drug-likeness (QED) is 0.465. The summed E-state index contributed by atoms with van der Waals surface area (Å²) in [5, 5.41) is 0.589. The SMILES string of the molecule is O=Cc1ccc(Cl)cc1C#CCCS. The van der Waals surface area contributed by atoms with E-state index in [1.807, 2.05) is 0 Å². The molecule has 1 aromatic rings. The van der Waals surface area contributed by atoms with Gasteiger partial charge in [0.25, 0.3) is 0 Å². The molecule has 0 aromatic heterocycles. The van der Waals surface area contributed by atoms with Crippen molar-refractivity contribution in [2.45, 2.75) is 6.42 Å². The van der Waals surface area contributed by atoms with E-state index < -0.39 is 0 Å². The van der Waals surface area contributed by atoms with Gasteiger partial charge >= 0.3 is 0 Å². The van der Waals surface area contributed by atoms with Crippen LogP contribution in [-0.4, -0.2) is 12.0 Å². The fourth-order valence-electron chi connectivity index (χ4n) is 0.953. The molecular weight excluding hydrogens is 216 g/mol. The van der Waals surface area contributed by atoms with Gasteiger partial charge in [0, 0.05) is 28.3 Å². The minimum atomic E-state index is 0.570. The fraction of sp³-hybridized carbons (Fsp3) is 0.182. The van der Waals surface area contributed by atoms with Gasteiger partial charge in [-0.1, -0.05) is 23.4 Å². The monoisotopic (exact) mass is 224 g/mol. The van der Waals surface area contributed by atoms with Crippen molar-refractivity contribution >= 4 is 30.5 Å². The number of carbonyl (C=O) groups is 1. The molecule has 72 valence electrons. The molecule has 0 aliphatic carbocycles. The second-order valence-electron chi connectivity index (χ2n) is 2.62. The summed E-state index contributed by atoms with van der Waals surface area (Å²) in [6.45, 7) is 0. The second-order valence-corrected chi connectivity index (χ2v) is 3.51. The van der Waals surface area contributed by atoms with Gasteiger partial charge in [-0.3, -0.25) is 4.79 Å². The summed E-state index contributed by atoms with van der Waals surface area (Å²) in [5.74, 6) is 6.51. The molecule has 0 unspecified atom stereocenters. The van der Waals surface area contributed by atoms with Gasteiger partial charge < -0.3 is 0 Å². The molecule has 1 rings (SSSR count). The van der Waals surface area contributed by atoms with E-state index in [9.17, 15) is 4.79 Å². The Hall–Kier alpha value is -0.910. The lowest BCUT2D eigenvalue weighted by atomic mass is 10.1. The Kier molecular flexibility index (Phi) is 4.58. The minimum Gasteiger partial charge on any atom is -0.298 e. The summed E-state index contributed by atoms with van der Waals surface area (Å²) in [7, 11) is 0. The Bertz CT molecular complexity index is 390. The molecule has 0 aliphatic heterocycles. The fourth-order valence-corrected chi connectivity index (χ4v) is 1.24. The molecule has 14 heavy (non-hydrogen) atoms. The molecule has 0 aliphatic rings. The van der Waals surface area contributed by atoms with Crippen LogP contribution >= 0.6 is 24.2 Å². The number of rotatable bonds is 2. The van der Waals surface area contributed by atoms with Crippen LogP contribution < -0.4 is 0 Å². The normalized spacial score (nSPS) is 9.00. The van der Waals surface area contributed by atoms with Gasteiger partial charge in [-0.2, -0.15) is 12.6 Å². The Balaban J connectivity index is 3.00. The van der Waals surface area contributed by atoms with Gasteiger partial charge in [-0.15, -0.1) is 0 Å². The van der Waals surface area contributed by atoms with Crippen LogP contribution in [0.15, 0.2) is 18.2 Å². The number of aldehydes is 1. The van der Waals surface area contributed by atoms with Crippen molar-refractivity contribution in [2.24, 2.45) is 0 Å². The number of thiol groups is 1. The maximum absolute atomic E-state index is 10.6. The zero-order valence-electron chi connectivity index (χ0n) is 7.46. The van der Waals surface area contributed by atoms with Crippen molar-refractivity contribution in [1.29, 1.82) is 0 Å². The van der Waals surface area contributed by atoms with Crippen molar-refractivity contribution in [2.75, 3.05) is 5.75 Å². The van der Waals surface area contributed by atoms with E-state index in [0.717, 1.165) is 6.29 Å². The first-order valence-corrected chi connectivity index (χ1v) is 5.13. The summed E-state index contributed by atoms with van der Waals surface area (Å²) in [6, 6.07) is 5.03. The van der Waals surface area contributed by atoms with E-state index >= 15 is 0 Å². The molecule has 0 spiro atoms. The van der Waals surface area contributed by atoms with E-state index in [2.05, 4.69) is 24.5 Å². The van der Waals surface area contributed by atoms with E-state index in [0.29, 0.717) is 28.3 Å². The summed E-state index contributed by atoms with van der Waals surface area (Å²) < 4.78 is 0. The van der Waals surface area contributed by atoms with Crippen molar-refractivity contribution in [1.82, 2.24) is 0 Å². The minimum absolute atomic E-state index is 0.570. The topological polar surface area (TPSA) is 17.1 Å². The van der Waals surface area contributed by atoms with E-state index in [-0.39, 0.29) is 0 Å². The summed E-state index contributed by atoms with van der Waals surface area (Å²) in [6.07, 6.45) is 1.48. The number of carbonyl (C=O) groups excluding carboxylic acids is 1. The van der Waals surface area contributed by atoms with Crippen LogP contribution in [0.3, 0.4) is 0 Å². The lowest BCUT2D eigenvalue weighted by Crippen LogP contribution is -1.86. The van der Waals surface area contributed by atoms with Gasteiger partial charge in [0.05, 0.1) is 0 Å². The third-order valence-corrected chi connectivity index (χ3v) is 2.06. The van der Waals surface area contributed by atoms with Crippen LogP contribution in [0.1, 0.15) is 22.3 Å². The lowest BCUT2D eigenvalue weighted by Gasteiger charge is -1.96. The van der Waals surface area contributed by atoms with E-state index in [1.165, 1.54) is 0 Å². The molecule has 0 atom stereocenters. The van der Waals surface area contributed by atoms with Gasteiger partial charge in [0.2, 0.25) is 0 Å². The average Bonchev–Trinajstić information content (AvgIpc) is 2.19. The number of hydrogen-bond acceptors (Lipinski definition) is 2. The van der Waals surface area contributed by atoms with Crippen LogP contribution in [-0.2, 0) is 0 Å². The van der Waals surface area contributed by atoms with Crippen LogP contribution in [0, 0.1) is 11.8 Å². The summed E-state index contributed by atoms with van der Waals surface area (Å²) in [4.78, 5) is 10.6. The maximum Gasteiger partial charge on any atom is 0.151 e. The zero-order valence-corrected chi connectivity index (χ0v) is 9.11. The van der Waals surface area contributed by atoms with Gasteiger partial charge in [-0.05, 0) is 18.2 Å². The van der Waals surface area contributed by atoms with Crippen molar-refractivity contribution < 1.29 is 4.79 Å². The molecule has 3 heteroatoms. The highest BCUT2D eigenvalue weighted by Gasteiger charge is 1.98. The van der Waals surface area contributed by atoms with Crippen LogP contribution in [0.5, 0.6) is 0 Å². The summed E-state index contributed by atoms with van der Waals surface area (Å²) >= 11 is 9.83. The van der Waals surface area contributed by atoms with Crippen molar-refractivity contribution in [3.8, 4) is 11.8 Å². The first-order valence-electron chi connectivity index (χ1n) is 4.12. The Morgan fingerprint density at radius 2 is 2.29 bits per heavy atom. The third kappa shape index (κ3) is 3.10. The third-order valence-electron chi connectivity index (χ3n) is 1.60. The van der Waals surface area contributed by atoms with Crippen LogP contribution in [0.2, 0.25) is 5.02 Å². The molecule has 0 amide bonds. The van der Waals surface area contributed by atoms with E-state index in [4.69, 9.17) is 11.6 Å². The zero-order chi connectivity index (χ0) is 10.4. The summed E-state index contributed by atoms with van der Waals surface area (Å²) in [5.41, 5.74) is 1.25. The largest absolute Gasteiger partial charge is 0.298 e. The molecule has 0 radical (unpaired) electrons. The molecule has 0 N–H and O–H groups in total. The highest BCUT2D eigenvalue weighted by molar-refractivity contribution is 7.80. The highest BCUT2D eigenvalue weighted by Crippen LogP contribution is 2.13. The average molecular weight is 225 g/mol. The number of halogens is 1. The Morgan fingerprint density at radius 1 is 1.50 bits per heavy atom. The van der Waals surface area contributed by atoms with Gasteiger partial charge in [0.15, 0.2) is 6.29 Å². The molecule has 0 fully saturated rings. The molecule has 0 bridgehead atoms. The second kappa shape index (κ2) is 5.74. The Labute approximate surface area is 93.9 Å². The molecule has 1 nitrogen and oxygen atoms in total. The van der Waals surface area contributed by atoms with Gasteiger partial charge in [0.1, 0.15) is 0 Å². The van der Waals surface area contributed by atoms with E-state index in [1.54, 1.807) is 18.2 Å². The lowest BCUT2D eigenvalue weighted by molar-refractivity contribution is 0.112. The molecule has 0 saturated heterocycles. The standard InChI is InChI=1S/C11H9ClOS/c12-11-5-4-10(8-13)9(7-11)3-1-2-6-14/h4-5,7-8,14H,2,6H2. The molecule has 0 heterocycles. The molecule has 1 aromatic carbocycles. The smallest absolute Gasteiger partial charge is 0.151 e. The predicted octanol–water partition coefficient (Wildman–Crippen LogP) is 2.82. The highest BCUT2D eigenvalue weighted by atomic mass is 35.5. The first-order chi connectivity index (χ1) is 6.77. The van der Waals surface area contributed by atoms with Crippen molar-refractivity contribution in [3.05, 3.63) is 34.3 Å².